The first kappa shape index (κ1) is 10.5. The predicted octanol–water partition coefficient (Wildman–Crippen LogP) is 4.59. The van der Waals surface area contributed by atoms with Crippen LogP contribution in [0.5, 0.6) is 0 Å². The van der Waals surface area contributed by atoms with Gasteiger partial charge in [0.25, 0.3) is 0 Å². The number of allylic oxidation sites excluding steroid dienone is 2. The van der Waals surface area contributed by atoms with E-state index in [2.05, 4.69) is 44.2 Å². The summed E-state index contributed by atoms with van der Waals surface area (Å²) in [5.41, 5.74) is 4.33. The van der Waals surface area contributed by atoms with Crippen LogP contribution in [0.25, 0.3) is 5.57 Å². The highest BCUT2D eigenvalue weighted by atomic mass is 14.1. The lowest BCUT2D eigenvalue weighted by Crippen LogP contribution is -1.88. The lowest BCUT2D eigenvalue weighted by Gasteiger charge is -2.05. The monoisotopic (exact) mass is 200 g/mol. The summed E-state index contributed by atoms with van der Waals surface area (Å²) < 4.78 is 0. The Hall–Kier alpha value is -1.04. The van der Waals surface area contributed by atoms with Gasteiger partial charge in [0.1, 0.15) is 0 Å². The third kappa shape index (κ3) is 2.71. The minimum absolute atomic E-state index is 0.868. The van der Waals surface area contributed by atoms with Gasteiger partial charge in [0.15, 0.2) is 0 Å². The summed E-state index contributed by atoms with van der Waals surface area (Å²) in [6, 6.07) is 8.95. The predicted molar refractivity (Wildman–Crippen MR) is 66.8 cm³/mol. The third-order valence-corrected chi connectivity index (χ3v) is 3.33. The second-order valence-corrected chi connectivity index (χ2v) is 4.83. The molecule has 0 N–H and O–H groups in total. The smallest absolute Gasteiger partial charge is 0.0228 e. The Morgan fingerprint density at radius 2 is 1.87 bits per heavy atom. The van der Waals surface area contributed by atoms with E-state index in [-0.39, 0.29) is 0 Å². The Balaban J connectivity index is 2.19. The molecule has 0 radical (unpaired) electrons. The van der Waals surface area contributed by atoms with Crippen LogP contribution in [0.2, 0.25) is 0 Å². The average molecular weight is 200 g/mol. The van der Waals surface area contributed by atoms with E-state index in [1.165, 1.54) is 36.8 Å². The van der Waals surface area contributed by atoms with Crippen molar-refractivity contribution in [3.8, 4) is 0 Å². The number of hydrogen-bond acceptors (Lipinski definition) is 0. The van der Waals surface area contributed by atoms with E-state index in [0.29, 0.717) is 0 Å². The van der Waals surface area contributed by atoms with E-state index in [4.69, 9.17) is 0 Å². The topological polar surface area (TPSA) is 0 Å². The van der Waals surface area contributed by atoms with Crippen LogP contribution in [-0.2, 0) is 0 Å². The summed E-state index contributed by atoms with van der Waals surface area (Å²) in [6.07, 6.45) is 7.69. The van der Waals surface area contributed by atoms with Crippen LogP contribution in [0.4, 0.5) is 0 Å². The quantitative estimate of drug-likeness (QED) is 0.622. The molecule has 0 saturated heterocycles. The highest BCUT2D eigenvalue weighted by Crippen LogP contribution is 2.28. The van der Waals surface area contributed by atoms with Gasteiger partial charge in [-0.2, -0.15) is 0 Å². The van der Waals surface area contributed by atoms with Gasteiger partial charge in [-0.25, -0.2) is 0 Å². The molecule has 1 atom stereocenters. The van der Waals surface area contributed by atoms with Crippen LogP contribution in [-0.4, -0.2) is 0 Å². The molecule has 2 rings (SSSR count). The number of hydrogen-bond donors (Lipinski definition) is 0. The first-order valence-electron chi connectivity index (χ1n) is 6.02. The van der Waals surface area contributed by atoms with E-state index in [9.17, 15) is 0 Å². The number of aryl methyl sites for hydroxylation is 1. The molecule has 0 heteroatoms. The molecule has 0 heterocycles. The molecule has 0 amide bonds. The molecular weight excluding hydrogens is 180 g/mol. The van der Waals surface area contributed by atoms with Crippen molar-refractivity contribution in [3.05, 3.63) is 41.5 Å². The van der Waals surface area contributed by atoms with Gasteiger partial charge < -0.3 is 0 Å². The molecule has 0 spiro atoms. The van der Waals surface area contributed by atoms with Gasteiger partial charge in [-0.05, 0) is 43.2 Å². The molecule has 0 bridgehead atoms. The lowest BCUT2D eigenvalue weighted by molar-refractivity contribution is 0.533. The number of benzene rings is 1. The Kier molecular flexibility index (Phi) is 3.25. The summed E-state index contributed by atoms with van der Waals surface area (Å²) in [4.78, 5) is 0. The van der Waals surface area contributed by atoms with Gasteiger partial charge >= 0.3 is 0 Å². The summed E-state index contributed by atoms with van der Waals surface area (Å²) in [6.45, 7) is 4.50. The molecular formula is C15H20. The van der Waals surface area contributed by atoms with Crippen molar-refractivity contribution < 1.29 is 0 Å². The van der Waals surface area contributed by atoms with E-state index in [1.54, 1.807) is 5.57 Å². The molecule has 0 aliphatic heterocycles. The normalized spacial score (nSPS) is 22.0. The Bertz CT molecular complexity index is 343. The molecule has 1 aliphatic carbocycles. The van der Waals surface area contributed by atoms with Crippen LogP contribution in [0, 0.1) is 12.8 Å². The van der Waals surface area contributed by atoms with Crippen molar-refractivity contribution >= 4 is 5.57 Å². The standard InChI is InChI=1S/C15H20/c1-12-4-3-5-14(9-6-12)15-10-7-13(2)8-11-15/h7-12H,3-6H2,1-2H3. The SMILES string of the molecule is Cc1ccc(C2=CCC(C)CCC2)cc1. The highest BCUT2D eigenvalue weighted by Gasteiger charge is 2.09. The molecule has 15 heavy (non-hydrogen) atoms. The minimum Gasteiger partial charge on any atom is -0.0805 e. The lowest BCUT2D eigenvalue weighted by atomic mass is 10.0. The molecule has 1 aliphatic rings. The van der Waals surface area contributed by atoms with Crippen LogP contribution < -0.4 is 0 Å². The minimum atomic E-state index is 0.868. The van der Waals surface area contributed by atoms with Crippen molar-refractivity contribution in [2.75, 3.05) is 0 Å². The largest absolute Gasteiger partial charge is 0.0805 e. The van der Waals surface area contributed by atoms with E-state index < -0.39 is 0 Å². The maximum absolute atomic E-state index is 2.45. The van der Waals surface area contributed by atoms with Crippen molar-refractivity contribution in [2.24, 2.45) is 5.92 Å². The van der Waals surface area contributed by atoms with Gasteiger partial charge in [-0.15, -0.1) is 0 Å². The Morgan fingerprint density at radius 1 is 1.13 bits per heavy atom. The van der Waals surface area contributed by atoms with Crippen LogP contribution in [0.15, 0.2) is 30.3 Å². The van der Waals surface area contributed by atoms with Gasteiger partial charge in [-0.3, -0.25) is 0 Å². The van der Waals surface area contributed by atoms with Crippen LogP contribution >= 0.6 is 0 Å². The van der Waals surface area contributed by atoms with E-state index in [1.807, 2.05) is 0 Å². The molecule has 0 saturated carbocycles. The van der Waals surface area contributed by atoms with Crippen molar-refractivity contribution in [3.63, 3.8) is 0 Å². The van der Waals surface area contributed by atoms with Crippen LogP contribution in [0.1, 0.15) is 43.7 Å². The van der Waals surface area contributed by atoms with E-state index in [0.717, 1.165) is 5.92 Å². The fourth-order valence-corrected chi connectivity index (χ4v) is 2.23. The summed E-state index contributed by atoms with van der Waals surface area (Å²) >= 11 is 0. The van der Waals surface area contributed by atoms with Crippen molar-refractivity contribution in [2.45, 2.75) is 39.5 Å². The van der Waals surface area contributed by atoms with Gasteiger partial charge in [-0.1, -0.05) is 49.2 Å². The highest BCUT2D eigenvalue weighted by molar-refractivity contribution is 5.65. The molecule has 1 unspecified atom stereocenters. The Labute approximate surface area is 93.0 Å². The molecule has 0 nitrogen and oxygen atoms in total. The third-order valence-electron chi connectivity index (χ3n) is 3.33. The zero-order valence-electron chi connectivity index (χ0n) is 9.79. The van der Waals surface area contributed by atoms with Crippen molar-refractivity contribution in [1.29, 1.82) is 0 Å². The molecule has 0 fully saturated rings. The average Bonchev–Trinajstić information content (AvgIpc) is 2.44. The zero-order valence-corrected chi connectivity index (χ0v) is 9.79. The summed E-state index contributed by atoms with van der Waals surface area (Å²) in [5, 5.41) is 0. The molecule has 1 aromatic rings. The van der Waals surface area contributed by atoms with E-state index >= 15 is 0 Å². The molecule has 80 valence electrons. The molecule has 0 aromatic heterocycles. The zero-order chi connectivity index (χ0) is 10.7. The second-order valence-electron chi connectivity index (χ2n) is 4.83. The van der Waals surface area contributed by atoms with Gasteiger partial charge in [0.05, 0.1) is 0 Å². The van der Waals surface area contributed by atoms with Gasteiger partial charge in [0.2, 0.25) is 0 Å². The van der Waals surface area contributed by atoms with Gasteiger partial charge in [0, 0.05) is 0 Å². The maximum atomic E-state index is 2.45. The first-order chi connectivity index (χ1) is 7.25. The molecule has 1 aromatic carbocycles. The fraction of sp³-hybridized carbons (Fsp3) is 0.467. The Morgan fingerprint density at radius 3 is 2.60 bits per heavy atom. The second kappa shape index (κ2) is 4.65. The fourth-order valence-electron chi connectivity index (χ4n) is 2.23. The number of rotatable bonds is 1. The maximum Gasteiger partial charge on any atom is -0.0228 e. The summed E-state index contributed by atoms with van der Waals surface area (Å²) in [5.74, 6) is 0.868. The van der Waals surface area contributed by atoms with Crippen molar-refractivity contribution in [1.82, 2.24) is 0 Å². The van der Waals surface area contributed by atoms with Crippen LogP contribution in [0.3, 0.4) is 0 Å². The summed E-state index contributed by atoms with van der Waals surface area (Å²) in [7, 11) is 0. The first-order valence-corrected chi connectivity index (χ1v) is 6.02.